The predicted molar refractivity (Wildman–Crippen MR) is 121 cm³/mol. The van der Waals surface area contributed by atoms with Crippen LogP contribution in [0.4, 0.5) is 17.2 Å². The molecule has 0 atom stereocenters. The summed E-state index contributed by atoms with van der Waals surface area (Å²) in [6.07, 6.45) is 5.58. The maximum Gasteiger partial charge on any atom is 0.248 e. The third-order valence-corrected chi connectivity index (χ3v) is 4.82. The van der Waals surface area contributed by atoms with Crippen LogP contribution in [0.15, 0.2) is 54.9 Å². The molecule has 1 aromatic heterocycles. The van der Waals surface area contributed by atoms with E-state index in [0.29, 0.717) is 24.8 Å². The molecule has 1 aliphatic heterocycles. The lowest BCUT2D eigenvalue weighted by Crippen LogP contribution is -2.15. The van der Waals surface area contributed by atoms with Crippen molar-refractivity contribution in [3.63, 3.8) is 0 Å². The van der Waals surface area contributed by atoms with Crippen LogP contribution in [-0.4, -0.2) is 29.1 Å². The fourth-order valence-corrected chi connectivity index (χ4v) is 3.26. The molecule has 1 aliphatic rings. The molecule has 0 fully saturated rings. The number of anilines is 3. The van der Waals surface area contributed by atoms with E-state index in [1.807, 2.05) is 49.4 Å². The Balaban J connectivity index is 1.47. The SMILES string of the molecule is CCc1ccc(Nc2cc(C)ncn2)cc1NC(=O)/C=C\c1ccc2c(c1)OCCO2. The summed E-state index contributed by atoms with van der Waals surface area (Å²) >= 11 is 0. The Morgan fingerprint density at radius 1 is 1.06 bits per heavy atom. The van der Waals surface area contributed by atoms with E-state index in [-0.39, 0.29) is 5.91 Å². The highest BCUT2D eigenvalue weighted by Gasteiger charge is 2.11. The average Bonchev–Trinajstić information content (AvgIpc) is 2.78. The van der Waals surface area contributed by atoms with E-state index in [9.17, 15) is 4.79 Å². The number of nitrogens with zero attached hydrogens (tertiary/aromatic N) is 2. The minimum absolute atomic E-state index is 0.209. The van der Waals surface area contributed by atoms with Crippen molar-refractivity contribution in [3.8, 4) is 11.5 Å². The molecule has 0 aliphatic carbocycles. The normalized spacial score (nSPS) is 12.6. The van der Waals surface area contributed by atoms with Crippen molar-refractivity contribution in [3.05, 3.63) is 71.7 Å². The van der Waals surface area contributed by atoms with E-state index >= 15 is 0 Å². The summed E-state index contributed by atoms with van der Waals surface area (Å²) in [7, 11) is 0. The Morgan fingerprint density at radius 3 is 2.71 bits per heavy atom. The lowest BCUT2D eigenvalue weighted by molar-refractivity contribution is -0.111. The molecular weight excluding hydrogens is 392 g/mol. The molecule has 0 radical (unpaired) electrons. The molecule has 0 unspecified atom stereocenters. The number of carbonyl (C=O) groups excluding carboxylic acids is 1. The van der Waals surface area contributed by atoms with Gasteiger partial charge in [-0.05, 0) is 54.8 Å². The zero-order valence-corrected chi connectivity index (χ0v) is 17.5. The quantitative estimate of drug-likeness (QED) is 0.575. The van der Waals surface area contributed by atoms with Crippen molar-refractivity contribution < 1.29 is 14.3 Å². The van der Waals surface area contributed by atoms with Crippen LogP contribution < -0.4 is 20.1 Å². The second-order valence-corrected chi connectivity index (χ2v) is 7.12. The minimum atomic E-state index is -0.209. The molecule has 7 heteroatoms. The number of ether oxygens (including phenoxy) is 2. The number of rotatable bonds is 6. The number of nitrogens with one attached hydrogen (secondary N) is 2. The van der Waals surface area contributed by atoms with E-state index in [0.717, 1.165) is 40.4 Å². The number of carbonyl (C=O) groups is 1. The van der Waals surface area contributed by atoms with Gasteiger partial charge < -0.3 is 20.1 Å². The first-order chi connectivity index (χ1) is 15.1. The zero-order chi connectivity index (χ0) is 21.6. The first kappa shape index (κ1) is 20.4. The van der Waals surface area contributed by atoms with Crippen LogP contribution in [-0.2, 0) is 11.2 Å². The fraction of sp³-hybridized carbons (Fsp3) is 0.208. The van der Waals surface area contributed by atoms with E-state index in [1.54, 1.807) is 6.08 Å². The zero-order valence-electron chi connectivity index (χ0n) is 17.5. The summed E-state index contributed by atoms with van der Waals surface area (Å²) in [5.74, 6) is 1.91. The second-order valence-electron chi connectivity index (χ2n) is 7.12. The Kier molecular flexibility index (Phi) is 6.12. The summed E-state index contributed by atoms with van der Waals surface area (Å²) in [6.45, 7) is 5.04. The monoisotopic (exact) mass is 416 g/mol. The van der Waals surface area contributed by atoms with Gasteiger partial charge in [-0.2, -0.15) is 0 Å². The highest BCUT2D eigenvalue weighted by Crippen LogP contribution is 2.31. The molecule has 31 heavy (non-hydrogen) atoms. The lowest BCUT2D eigenvalue weighted by Gasteiger charge is -2.18. The van der Waals surface area contributed by atoms with Crippen LogP contribution in [0.5, 0.6) is 11.5 Å². The molecule has 0 bridgehead atoms. The van der Waals surface area contributed by atoms with Gasteiger partial charge in [-0.15, -0.1) is 0 Å². The minimum Gasteiger partial charge on any atom is -0.486 e. The first-order valence-corrected chi connectivity index (χ1v) is 10.2. The second kappa shape index (κ2) is 9.30. The van der Waals surface area contributed by atoms with Crippen LogP contribution >= 0.6 is 0 Å². The van der Waals surface area contributed by atoms with Gasteiger partial charge in [0.25, 0.3) is 0 Å². The van der Waals surface area contributed by atoms with Gasteiger partial charge in [0, 0.05) is 29.2 Å². The maximum atomic E-state index is 12.6. The molecule has 4 rings (SSSR count). The Bertz CT molecular complexity index is 1130. The van der Waals surface area contributed by atoms with E-state index in [2.05, 4.69) is 27.5 Å². The standard InChI is InChI=1S/C24H24N4O3/c1-3-18-6-7-19(27-23-12-16(2)25-15-26-23)14-20(18)28-24(29)9-5-17-4-8-21-22(13-17)31-11-10-30-21/h4-9,12-15H,3,10-11H2,1-2H3,(H,28,29)(H,25,26,27)/b9-5-. The van der Waals surface area contributed by atoms with Crippen LogP contribution in [0.2, 0.25) is 0 Å². The number of hydrogen-bond donors (Lipinski definition) is 2. The van der Waals surface area contributed by atoms with Crippen LogP contribution in [0.1, 0.15) is 23.7 Å². The van der Waals surface area contributed by atoms with Crippen LogP contribution in [0, 0.1) is 6.92 Å². The van der Waals surface area contributed by atoms with E-state index < -0.39 is 0 Å². The Morgan fingerprint density at radius 2 is 1.90 bits per heavy atom. The van der Waals surface area contributed by atoms with Gasteiger partial charge >= 0.3 is 0 Å². The van der Waals surface area contributed by atoms with Crippen molar-refractivity contribution in [2.75, 3.05) is 23.8 Å². The summed E-state index contributed by atoms with van der Waals surface area (Å²) in [4.78, 5) is 20.9. The Labute approximate surface area is 181 Å². The number of hydrogen-bond acceptors (Lipinski definition) is 6. The van der Waals surface area contributed by atoms with E-state index in [1.165, 1.54) is 12.4 Å². The molecule has 0 saturated carbocycles. The number of aromatic nitrogens is 2. The van der Waals surface area contributed by atoms with Gasteiger partial charge in [0.15, 0.2) is 11.5 Å². The van der Waals surface area contributed by atoms with Crippen molar-refractivity contribution in [2.24, 2.45) is 0 Å². The third kappa shape index (κ3) is 5.19. The number of amides is 1. The molecule has 2 N–H and O–H groups in total. The number of fused-ring (bicyclic) bond motifs is 1. The molecule has 0 spiro atoms. The topological polar surface area (TPSA) is 85.4 Å². The molecular formula is C24H24N4O3. The van der Waals surface area contributed by atoms with Crippen LogP contribution in [0.3, 0.4) is 0 Å². The summed E-state index contributed by atoms with van der Waals surface area (Å²) in [5, 5.41) is 6.23. The summed E-state index contributed by atoms with van der Waals surface area (Å²) < 4.78 is 11.1. The number of aryl methyl sites for hydroxylation is 2. The maximum absolute atomic E-state index is 12.6. The highest BCUT2D eigenvalue weighted by molar-refractivity contribution is 6.02. The molecule has 158 valence electrons. The predicted octanol–water partition coefficient (Wildman–Crippen LogP) is 4.51. The molecule has 0 saturated heterocycles. The first-order valence-electron chi connectivity index (χ1n) is 10.2. The molecule has 2 aromatic carbocycles. The van der Waals surface area contributed by atoms with E-state index in [4.69, 9.17) is 9.47 Å². The molecule has 2 heterocycles. The highest BCUT2D eigenvalue weighted by atomic mass is 16.6. The van der Waals surface area contributed by atoms with Gasteiger partial charge in [-0.3, -0.25) is 4.79 Å². The summed E-state index contributed by atoms with van der Waals surface area (Å²) in [6, 6.07) is 13.3. The van der Waals surface area contributed by atoms with Crippen molar-refractivity contribution >= 4 is 29.2 Å². The molecule has 1 amide bonds. The van der Waals surface area contributed by atoms with Crippen molar-refractivity contribution in [2.45, 2.75) is 20.3 Å². The van der Waals surface area contributed by atoms with Crippen LogP contribution in [0.25, 0.3) is 6.08 Å². The molecule has 7 nitrogen and oxygen atoms in total. The molecule has 3 aromatic rings. The fourth-order valence-electron chi connectivity index (χ4n) is 3.26. The summed E-state index contributed by atoms with van der Waals surface area (Å²) in [5.41, 5.74) is 4.38. The smallest absolute Gasteiger partial charge is 0.248 e. The average molecular weight is 416 g/mol. The van der Waals surface area contributed by atoms with Crippen molar-refractivity contribution in [1.29, 1.82) is 0 Å². The van der Waals surface area contributed by atoms with Crippen molar-refractivity contribution in [1.82, 2.24) is 9.97 Å². The lowest BCUT2D eigenvalue weighted by atomic mass is 10.1. The Hall–Kier alpha value is -3.87. The van der Waals surface area contributed by atoms with Gasteiger partial charge in [0.2, 0.25) is 5.91 Å². The van der Waals surface area contributed by atoms with Gasteiger partial charge in [0.1, 0.15) is 25.4 Å². The van der Waals surface area contributed by atoms with Gasteiger partial charge in [-0.1, -0.05) is 19.1 Å². The number of benzene rings is 2. The largest absolute Gasteiger partial charge is 0.486 e. The van der Waals surface area contributed by atoms with Gasteiger partial charge in [-0.25, -0.2) is 9.97 Å². The van der Waals surface area contributed by atoms with Gasteiger partial charge in [0.05, 0.1) is 0 Å². The third-order valence-electron chi connectivity index (χ3n) is 4.82.